The van der Waals surface area contributed by atoms with Gasteiger partial charge in [-0.2, -0.15) is 5.10 Å². The Bertz CT molecular complexity index is 655. The Labute approximate surface area is 134 Å². The standard InChI is InChI=1S/C15H19ClN4S/c1-11(19-9-3-2-4-10-19)14-17-18-15(21)20(14)13-7-5-12(16)6-8-13/h5-8,11H,2-4,9-10H2,1H3,(H,18,21). The third-order valence-corrected chi connectivity index (χ3v) is 4.62. The van der Waals surface area contributed by atoms with E-state index in [0.717, 1.165) is 29.6 Å². The van der Waals surface area contributed by atoms with Gasteiger partial charge in [0.2, 0.25) is 0 Å². The molecule has 1 aliphatic rings. The zero-order valence-corrected chi connectivity index (χ0v) is 13.6. The van der Waals surface area contributed by atoms with Crippen LogP contribution in [0, 0.1) is 4.77 Å². The van der Waals surface area contributed by atoms with E-state index in [4.69, 9.17) is 23.8 Å². The van der Waals surface area contributed by atoms with E-state index in [1.807, 2.05) is 28.8 Å². The number of aromatic amines is 1. The van der Waals surface area contributed by atoms with Crippen LogP contribution < -0.4 is 0 Å². The number of nitrogens with zero attached hydrogens (tertiary/aromatic N) is 3. The lowest BCUT2D eigenvalue weighted by Gasteiger charge is -2.31. The molecule has 0 aliphatic carbocycles. The van der Waals surface area contributed by atoms with Crippen LogP contribution in [0.15, 0.2) is 24.3 Å². The first kappa shape index (κ1) is 14.8. The van der Waals surface area contributed by atoms with Crippen LogP contribution in [0.1, 0.15) is 38.1 Å². The van der Waals surface area contributed by atoms with Gasteiger partial charge in [0.25, 0.3) is 0 Å². The minimum absolute atomic E-state index is 0.244. The fourth-order valence-electron chi connectivity index (χ4n) is 2.90. The molecule has 1 N–H and O–H groups in total. The van der Waals surface area contributed by atoms with Crippen LogP contribution in [-0.4, -0.2) is 32.8 Å². The van der Waals surface area contributed by atoms with Crippen molar-refractivity contribution in [3.63, 3.8) is 0 Å². The van der Waals surface area contributed by atoms with Crippen LogP contribution in [-0.2, 0) is 0 Å². The molecule has 3 rings (SSSR count). The Morgan fingerprint density at radius 3 is 2.52 bits per heavy atom. The van der Waals surface area contributed by atoms with Gasteiger partial charge in [-0.15, -0.1) is 0 Å². The van der Waals surface area contributed by atoms with Crippen LogP contribution >= 0.6 is 23.8 Å². The smallest absolute Gasteiger partial charge is 0.199 e. The second-order valence-electron chi connectivity index (χ2n) is 5.47. The Hall–Kier alpha value is -1.17. The summed E-state index contributed by atoms with van der Waals surface area (Å²) < 4.78 is 2.63. The fourth-order valence-corrected chi connectivity index (χ4v) is 3.27. The van der Waals surface area contributed by atoms with Crippen LogP contribution in [0.2, 0.25) is 5.02 Å². The molecule has 0 bridgehead atoms. The van der Waals surface area contributed by atoms with E-state index >= 15 is 0 Å². The molecular weight excluding hydrogens is 304 g/mol. The molecule has 4 nitrogen and oxygen atoms in total. The van der Waals surface area contributed by atoms with Gasteiger partial charge in [0.05, 0.1) is 6.04 Å². The van der Waals surface area contributed by atoms with E-state index in [-0.39, 0.29) is 6.04 Å². The summed E-state index contributed by atoms with van der Waals surface area (Å²) in [6, 6.07) is 7.94. The van der Waals surface area contributed by atoms with Gasteiger partial charge in [-0.05, 0) is 69.3 Å². The van der Waals surface area contributed by atoms with Crippen LogP contribution in [0.4, 0.5) is 0 Å². The number of benzene rings is 1. The van der Waals surface area contributed by atoms with Crippen molar-refractivity contribution >= 4 is 23.8 Å². The van der Waals surface area contributed by atoms with Crippen molar-refractivity contribution < 1.29 is 0 Å². The summed E-state index contributed by atoms with van der Waals surface area (Å²) in [5.41, 5.74) is 0.997. The molecule has 0 radical (unpaired) electrons. The molecule has 21 heavy (non-hydrogen) atoms. The number of hydrogen-bond acceptors (Lipinski definition) is 3. The predicted octanol–water partition coefficient (Wildman–Crippen LogP) is 4.13. The van der Waals surface area contributed by atoms with Gasteiger partial charge in [0.15, 0.2) is 10.6 Å². The third kappa shape index (κ3) is 3.05. The van der Waals surface area contributed by atoms with E-state index < -0.39 is 0 Å². The average Bonchev–Trinajstić information content (AvgIpc) is 2.90. The summed E-state index contributed by atoms with van der Waals surface area (Å²) in [6.45, 7) is 4.45. The van der Waals surface area contributed by atoms with Crippen molar-refractivity contribution in [1.82, 2.24) is 19.7 Å². The van der Waals surface area contributed by atoms with Gasteiger partial charge in [0, 0.05) is 10.7 Å². The molecule has 1 fully saturated rings. The van der Waals surface area contributed by atoms with Crippen molar-refractivity contribution in [2.24, 2.45) is 0 Å². The summed E-state index contributed by atoms with van der Waals surface area (Å²) in [6.07, 6.45) is 3.85. The minimum Gasteiger partial charge on any atom is -0.294 e. The summed E-state index contributed by atoms with van der Waals surface area (Å²) in [4.78, 5) is 2.47. The summed E-state index contributed by atoms with van der Waals surface area (Å²) in [5.74, 6) is 0.962. The molecule has 1 unspecified atom stereocenters. The highest BCUT2D eigenvalue weighted by Gasteiger charge is 2.23. The van der Waals surface area contributed by atoms with E-state index in [0.29, 0.717) is 4.77 Å². The first-order valence-corrected chi connectivity index (χ1v) is 8.13. The van der Waals surface area contributed by atoms with Crippen LogP contribution in [0.3, 0.4) is 0 Å². The Morgan fingerprint density at radius 2 is 1.86 bits per heavy atom. The van der Waals surface area contributed by atoms with Gasteiger partial charge in [-0.1, -0.05) is 18.0 Å². The van der Waals surface area contributed by atoms with Crippen molar-refractivity contribution in [2.45, 2.75) is 32.2 Å². The molecule has 1 atom stereocenters. The Kier molecular flexibility index (Phi) is 4.42. The van der Waals surface area contributed by atoms with E-state index in [9.17, 15) is 0 Å². The Balaban J connectivity index is 1.96. The molecule has 2 heterocycles. The number of H-pyrrole nitrogens is 1. The van der Waals surface area contributed by atoms with Crippen molar-refractivity contribution in [1.29, 1.82) is 0 Å². The minimum atomic E-state index is 0.244. The SMILES string of the molecule is CC(c1n[nH]c(=S)n1-c1ccc(Cl)cc1)N1CCCCC1. The van der Waals surface area contributed by atoms with E-state index in [2.05, 4.69) is 22.0 Å². The molecule has 112 valence electrons. The molecule has 0 spiro atoms. The number of nitrogens with one attached hydrogen (secondary N) is 1. The zero-order chi connectivity index (χ0) is 14.8. The third-order valence-electron chi connectivity index (χ3n) is 4.10. The second kappa shape index (κ2) is 6.30. The van der Waals surface area contributed by atoms with E-state index in [1.165, 1.54) is 19.3 Å². The quantitative estimate of drug-likeness (QED) is 0.863. The van der Waals surface area contributed by atoms with E-state index in [1.54, 1.807) is 0 Å². The highest BCUT2D eigenvalue weighted by molar-refractivity contribution is 7.71. The van der Waals surface area contributed by atoms with Crippen molar-refractivity contribution in [3.05, 3.63) is 39.9 Å². The molecule has 2 aromatic rings. The van der Waals surface area contributed by atoms with Crippen molar-refractivity contribution in [3.8, 4) is 5.69 Å². The molecule has 6 heteroatoms. The summed E-state index contributed by atoms with van der Waals surface area (Å²) in [7, 11) is 0. The first-order valence-electron chi connectivity index (χ1n) is 7.34. The average molecular weight is 323 g/mol. The molecule has 1 aromatic carbocycles. The molecular formula is C15H19ClN4S. The number of hydrogen-bond donors (Lipinski definition) is 1. The highest BCUT2D eigenvalue weighted by atomic mass is 35.5. The van der Waals surface area contributed by atoms with Crippen LogP contribution in [0.5, 0.6) is 0 Å². The maximum absolute atomic E-state index is 5.97. The van der Waals surface area contributed by atoms with Gasteiger partial charge >= 0.3 is 0 Å². The predicted molar refractivity (Wildman–Crippen MR) is 87.6 cm³/mol. The maximum atomic E-state index is 5.97. The molecule has 0 amide bonds. The lowest BCUT2D eigenvalue weighted by Crippen LogP contribution is -2.33. The number of rotatable bonds is 3. The van der Waals surface area contributed by atoms with Crippen LogP contribution in [0.25, 0.3) is 5.69 Å². The molecule has 0 saturated carbocycles. The number of piperidine rings is 1. The second-order valence-corrected chi connectivity index (χ2v) is 6.29. The lowest BCUT2D eigenvalue weighted by molar-refractivity contribution is 0.167. The fraction of sp³-hybridized carbons (Fsp3) is 0.467. The largest absolute Gasteiger partial charge is 0.294 e. The van der Waals surface area contributed by atoms with Gasteiger partial charge in [-0.25, -0.2) is 0 Å². The normalized spacial score (nSPS) is 17.8. The molecule has 1 saturated heterocycles. The van der Waals surface area contributed by atoms with Gasteiger partial charge in [-0.3, -0.25) is 14.6 Å². The molecule has 1 aliphatic heterocycles. The monoisotopic (exact) mass is 322 g/mol. The molecule has 1 aromatic heterocycles. The topological polar surface area (TPSA) is 36.9 Å². The van der Waals surface area contributed by atoms with Crippen molar-refractivity contribution in [2.75, 3.05) is 13.1 Å². The maximum Gasteiger partial charge on any atom is 0.199 e. The van der Waals surface area contributed by atoms with Gasteiger partial charge < -0.3 is 0 Å². The van der Waals surface area contributed by atoms with Gasteiger partial charge in [0.1, 0.15) is 0 Å². The number of aromatic nitrogens is 3. The first-order chi connectivity index (χ1) is 10.2. The summed E-state index contributed by atoms with van der Waals surface area (Å²) in [5, 5.41) is 8.11. The zero-order valence-electron chi connectivity index (χ0n) is 12.1. The highest BCUT2D eigenvalue weighted by Crippen LogP contribution is 2.25. The number of halogens is 1. The summed E-state index contributed by atoms with van der Waals surface area (Å²) >= 11 is 11.4. The Morgan fingerprint density at radius 1 is 1.19 bits per heavy atom. The lowest BCUT2D eigenvalue weighted by atomic mass is 10.1. The number of likely N-dealkylation sites (tertiary alicyclic amines) is 1.